The molecule has 0 saturated heterocycles. The molecule has 0 heterocycles. The third-order valence-electron chi connectivity index (χ3n) is 1.11. The molecule has 0 atom stereocenters. The molecule has 0 bridgehead atoms. The summed E-state index contributed by atoms with van der Waals surface area (Å²) < 4.78 is 0. The second kappa shape index (κ2) is 5.10. The maximum atomic E-state index is 10.6. The zero-order valence-electron chi connectivity index (χ0n) is 5.64. The Labute approximate surface area is 79.9 Å². The van der Waals surface area contributed by atoms with E-state index in [4.69, 9.17) is 5.21 Å². The number of nitrogens with zero attached hydrogens (tertiary/aromatic N) is 1. The van der Waals surface area contributed by atoms with Crippen molar-refractivity contribution in [2.45, 2.75) is 0 Å². The van der Waals surface area contributed by atoms with E-state index in [1.54, 1.807) is 30.3 Å². The van der Waals surface area contributed by atoms with Gasteiger partial charge in [-0.15, -0.1) is 0 Å². The normalized spacial score (nSPS) is 8.09. The Balaban J connectivity index is 0.000001000. The van der Waals surface area contributed by atoms with Gasteiger partial charge in [-0.3, -0.25) is 0 Å². The van der Waals surface area contributed by atoms with Crippen LogP contribution in [0.5, 0.6) is 0 Å². The van der Waals surface area contributed by atoms with Gasteiger partial charge in [0.2, 0.25) is 0 Å². The largest absolute Gasteiger partial charge is 0.530 e. The first-order valence-corrected chi connectivity index (χ1v) is 2.79. The summed E-state index contributed by atoms with van der Waals surface area (Å²) in [5.41, 5.74) is 2.91. The van der Waals surface area contributed by atoms with E-state index in [2.05, 4.69) is 5.48 Å². The van der Waals surface area contributed by atoms with Crippen LogP contribution in [0.15, 0.2) is 30.3 Å². The average molecular weight is 317 g/mol. The van der Waals surface area contributed by atoms with Gasteiger partial charge in [0, 0.05) is 27.9 Å². The molecule has 0 fully saturated rings. The molecule has 0 aliphatic heterocycles. The van der Waals surface area contributed by atoms with Gasteiger partial charge in [0.1, 0.15) is 5.91 Å². The SMILES string of the molecule is O=C([N-]O)c1ccccc1.[Ta]. The number of benzene rings is 1. The topological polar surface area (TPSA) is 51.4 Å². The van der Waals surface area contributed by atoms with Gasteiger partial charge in [0.05, 0.1) is 0 Å². The van der Waals surface area contributed by atoms with Crippen molar-refractivity contribution in [3.8, 4) is 0 Å². The van der Waals surface area contributed by atoms with Gasteiger partial charge in [-0.05, 0) is 0 Å². The number of carbonyl (C=O) groups is 1. The average Bonchev–Trinajstić information content (AvgIpc) is 2.05. The molecular weight excluding hydrogens is 311 g/mol. The molecule has 1 aromatic carbocycles. The van der Waals surface area contributed by atoms with Crippen molar-refractivity contribution in [1.29, 1.82) is 0 Å². The molecule has 0 spiro atoms. The molecule has 1 rings (SSSR count). The van der Waals surface area contributed by atoms with Crippen molar-refractivity contribution >= 4 is 5.91 Å². The Morgan fingerprint density at radius 2 is 1.82 bits per heavy atom. The molecule has 1 radical (unpaired) electrons. The van der Waals surface area contributed by atoms with Crippen LogP contribution >= 0.6 is 0 Å². The summed E-state index contributed by atoms with van der Waals surface area (Å²) in [7, 11) is 0. The zero-order valence-corrected chi connectivity index (χ0v) is 8.85. The van der Waals surface area contributed by atoms with Crippen molar-refractivity contribution in [3.63, 3.8) is 0 Å². The van der Waals surface area contributed by atoms with E-state index in [0.717, 1.165) is 0 Å². The summed E-state index contributed by atoms with van der Waals surface area (Å²) in [6.07, 6.45) is 0. The molecule has 1 N–H and O–H groups in total. The maximum absolute atomic E-state index is 10.6. The van der Waals surface area contributed by atoms with Crippen LogP contribution in [-0.4, -0.2) is 11.1 Å². The smallest absolute Gasteiger partial charge is 0.102 e. The molecule has 1 aromatic rings. The molecule has 11 heavy (non-hydrogen) atoms. The summed E-state index contributed by atoms with van der Waals surface area (Å²) in [5, 5.41) is 8.06. The summed E-state index contributed by atoms with van der Waals surface area (Å²) >= 11 is 0. The first kappa shape index (κ1) is 10.4. The van der Waals surface area contributed by atoms with Gasteiger partial charge < -0.3 is 15.5 Å². The van der Waals surface area contributed by atoms with Crippen LogP contribution in [0, 0.1) is 0 Å². The van der Waals surface area contributed by atoms with Gasteiger partial charge >= 0.3 is 0 Å². The number of rotatable bonds is 1. The first-order chi connectivity index (χ1) is 4.84. The Bertz CT molecular complexity index is 225. The summed E-state index contributed by atoms with van der Waals surface area (Å²) in [6, 6.07) is 8.37. The number of hydrogen-bond acceptors (Lipinski definition) is 2. The fourth-order valence-corrected chi connectivity index (χ4v) is 0.638. The van der Waals surface area contributed by atoms with E-state index in [0.29, 0.717) is 5.56 Å². The summed E-state index contributed by atoms with van der Waals surface area (Å²) in [6.45, 7) is 0. The van der Waals surface area contributed by atoms with E-state index in [1.165, 1.54) is 0 Å². The maximum Gasteiger partial charge on any atom is 0.102 e. The van der Waals surface area contributed by atoms with E-state index >= 15 is 0 Å². The molecule has 4 heteroatoms. The molecule has 57 valence electrons. The predicted molar refractivity (Wildman–Crippen MR) is 35.9 cm³/mol. The third-order valence-corrected chi connectivity index (χ3v) is 1.11. The second-order valence-electron chi connectivity index (χ2n) is 1.77. The van der Waals surface area contributed by atoms with Crippen LogP contribution < -0.4 is 0 Å². The Morgan fingerprint density at radius 1 is 1.27 bits per heavy atom. The predicted octanol–water partition coefficient (Wildman–Crippen LogP) is 1.59. The van der Waals surface area contributed by atoms with E-state index in [1.807, 2.05) is 0 Å². The fraction of sp³-hybridized carbons (Fsp3) is 0. The fourth-order valence-electron chi connectivity index (χ4n) is 0.638. The van der Waals surface area contributed by atoms with Crippen LogP contribution in [0.4, 0.5) is 0 Å². The van der Waals surface area contributed by atoms with Crippen molar-refractivity contribution in [2.24, 2.45) is 0 Å². The van der Waals surface area contributed by atoms with Crippen molar-refractivity contribution < 1.29 is 32.4 Å². The van der Waals surface area contributed by atoms with Crippen molar-refractivity contribution in [2.75, 3.05) is 0 Å². The van der Waals surface area contributed by atoms with E-state index < -0.39 is 5.91 Å². The minimum atomic E-state index is -0.611. The van der Waals surface area contributed by atoms with Gasteiger partial charge in [0.25, 0.3) is 0 Å². The van der Waals surface area contributed by atoms with Crippen molar-refractivity contribution in [3.05, 3.63) is 41.4 Å². The molecule has 0 unspecified atom stereocenters. The van der Waals surface area contributed by atoms with Gasteiger partial charge in [-0.2, -0.15) is 0 Å². The van der Waals surface area contributed by atoms with E-state index in [9.17, 15) is 4.79 Å². The zero-order chi connectivity index (χ0) is 7.40. The Morgan fingerprint density at radius 3 is 2.27 bits per heavy atom. The monoisotopic (exact) mass is 317 g/mol. The quantitative estimate of drug-likeness (QED) is 0.632. The number of amides is 1. The minimum absolute atomic E-state index is 0. The molecule has 0 aromatic heterocycles. The summed E-state index contributed by atoms with van der Waals surface area (Å²) in [4.78, 5) is 10.6. The number of hydrogen-bond donors (Lipinski definition) is 1. The van der Waals surface area contributed by atoms with Crippen LogP contribution in [0.1, 0.15) is 10.4 Å². The van der Waals surface area contributed by atoms with Crippen LogP contribution in [-0.2, 0) is 22.4 Å². The molecule has 0 saturated carbocycles. The van der Waals surface area contributed by atoms with Crippen LogP contribution in [0.25, 0.3) is 5.48 Å². The minimum Gasteiger partial charge on any atom is -0.530 e. The second-order valence-corrected chi connectivity index (χ2v) is 1.77. The van der Waals surface area contributed by atoms with Crippen LogP contribution in [0.3, 0.4) is 0 Å². The van der Waals surface area contributed by atoms with Gasteiger partial charge in [-0.1, -0.05) is 30.3 Å². The number of hydroxylamine groups is 1. The molecular formula is C7H6NO2Ta-. The Hall–Kier alpha value is -0.610. The third kappa shape index (κ3) is 2.86. The van der Waals surface area contributed by atoms with Crippen LogP contribution in [0.2, 0.25) is 0 Å². The summed E-state index contributed by atoms with van der Waals surface area (Å²) in [5.74, 6) is -0.611. The van der Waals surface area contributed by atoms with E-state index in [-0.39, 0.29) is 22.4 Å². The Kier molecular flexibility index (Phi) is 4.81. The molecule has 1 amide bonds. The van der Waals surface area contributed by atoms with Gasteiger partial charge in [0.15, 0.2) is 0 Å². The van der Waals surface area contributed by atoms with Gasteiger partial charge in [-0.25, -0.2) is 0 Å². The molecule has 3 nitrogen and oxygen atoms in total. The first-order valence-electron chi connectivity index (χ1n) is 2.79. The standard InChI is InChI=1S/C7H7NO2.Ta/c9-7(8-10)6-4-2-1-3-5-6;/h1-5H,(H2,8,9,10);/p-1. The molecule has 0 aliphatic rings. The molecule has 0 aliphatic carbocycles. The van der Waals surface area contributed by atoms with Crippen molar-refractivity contribution in [1.82, 2.24) is 0 Å². The number of carbonyl (C=O) groups excluding carboxylic acids is 1.